The molecule has 104 valence electrons. The van der Waals surface area contributed by atoms with Gasteiger partial charge in [-0.2, -0.15) is 0 Å². The van der Waals surface area contributed by atoms with Gasteiger partial charge in [-0.25, -0.2) is 4.79 Å². The fourth-order valence-corrected chi connectivity index (χ4v) is 1.98. The summed E-state index contributed by atoms with van der Waals surface area (Å²) in [6.45, 7) is 2.19. The Kier molecular flexibility index (Phi) is 6.99. The molecule has 2 N–H and O–H groups in total. The van der Waals surface area contributed by atoms with Gasteiger partial charge in [0, 0.05) is 11.4 Å². The van der Waals surface area contributed by atoms with Crippen LogP contribution in [0.5, 0.6) is 0 Å². The average Bonchev–Trinajstić information content (AvgIpc) is 2.37. The molecule has 0 unspecified atom stereocenters. The molecule has 0 bridgehead atoms. The highest BCUT2D eigenvalue weighted by Crippen LogP contribution is 2.17. The van der Waals surface area contributed by atoms with E-state index in [-0.39, 0.29) is 19.1 Å². The molecule has 0 radical (unpaired) electrons. The van der Waals surface area contributed by atoms with Crippen molar-refractivity contribution in [3.05, 3.63) is 29.8 Å². The quantitative estimate of drug-likeness (QED) is 0.555. The normalized spacial score (nSPS) is 10.2. The molecule has 0 saturated heterocycles. The third-order valence-electron chi connectivity index (χ3n) is 2.19. The summed E-state index contributed by atoms with van der Waals surface area (Å²) in [5, 5.41) is 11.0. The molecule has 0 atom stereocenters. The van der Waals surface area contributed by atoms with Crippen molar-refractivity contribution in [3.63, 3.8) is 0 Å². The maximum Gasteiger partial charge on any atom is 0.329 e. The first-order valence-electron chi connectivity index (χ1n) is 5.83. The van der Waals surface area contributed by atoms with Gasteiger partial charge in [-0.15, -0.1) is 11.8 Å². The molecule has 1 aromatic rings. The molecular weight excluding hydrogens is 266 g/mol. The number of hydrogen-bond donors (Lipinski definition) is 2. The summed E-state index contributed by atoms with van der Waals surface area (Å²) in [5.41, 5.74) is 1.18. The average molecular weight is 283 g/mol. The first kappa shape index (κ1) is 15.5. The van der Waals surface area contributed by atoms with E-state index < -0.39 is 5.97 Å². The van der Waals surface area contributed by atoms with E-state index in [0.29, 0.717) is 12.3 Å². The van der Waals surface area contributed by atoms with Crippen molar-refractivity contribution in [3.8, 4) is 0 Å². The molecule has 0 aliphatic rings. The zero-order chi connectivity index (χ0) is 14.1. The van der Waals surface area contributed by atoms with Crippen molar-refractivity contribution in [1.29, 1.82) is 0 Å². The Morgan fingerprint density at radius 1 is 1.32 bits per heavy atom. The van der Waals surface area contributed by atoms with Crippen LogP contribution in [-0.4, -0.2) is 42.5 Å². The largest absolute Gasteiger partial charge is 0.480 e. The van der Waals surface area contributed by atoms with Crippen LogP contribution >= 0.6 is 11.8 Å². The third kappa shape index (κ3) is 7.48. The van der Waals surface area contributed by atoms with E-state index in [2.05, 4.69) is 5.32 Å². The Bertz CT molecular complexity index is 419. The molecule has 6 heteroatoms. The lowest BCUT2D eigenvalue weighted by atomic mass is 10.2. The monoisotopic (exact) mass is 283 g/mol. The highest BCUT2D eigenvalue weighted by atomic mass is 32.2. The maximum absolute atomic E-state index is 11.5. The number of aliphatic carboxylic acids is 1. The molecule has 0 spiro atoms. The van der Waals surface area contributed by atoms with Crippen LogP contribution in [0, 0.1) is 6.92 Å². The van der Waals surface area contributed by atoms with E-state index in [1.165, 1.54) is 17.3 Å². The fourth-order valence-electron chi connectivity index (χ4n) is 1.26. The van der Waals surface area contributed by atoms with Gasteiger partial charge in [-0.05, 0) is 19.1 Å². The molecule has 0 fully saturated rings. The van der Waals surface area contributed by atoms with Gasteiger partial charge < -0.3 is 15.2 Å². The molecule has 0 aliphatic heterocycles. The molecule has 5 nitrogen and oxygen atoms in total. The number of aryl methyl sites for hydroxylation is 1. The van der Waals surface area contributed by atoms with E-state index in [1.54, 1.807) is 0 Å². The SMILES string of the molecule is Cc1ccc(SCC(=O)NCCOCC(=O)O)cc1. The second-order valence-corrected chi connectivity index (χ2v) is 4.95. The van der Waals surface area contributed by atoms with Gasteiger partial charge in [0.05, 0.1) is 12.4 Å². The summed E-state index contributed by atoms with van der Waals surface area (Å²) in [5.74, 6) is -0.770. The predicted octanol–water partition coefficient (Wildman–Crippen LogP) is 1.30. The number of carboxylic acids is 1. The number of carbonyl (C=O) groups is 2. The van der Waals surface area contributed by atoms with Crippen molar-refractivity contribution in [2.75, 3.05) is 25.5 Å². The van der Waals surface area contributed by atoms with E-state index in [4.69, 9.17) is 9.84 Å². The number of hydrogen-bond acceptors (Lipinski definition) is 4. The Labute approximate surface area is 116 Å². The second kappa shape index (κ2) is 8.55. The molecule has 1 amide bonds. The van der Waals surface area contributed by atoms with Crippen molar-refractivity contribution >= 4 is 23.6 Å². The molecule has 0 aromatic heterocycles. The number of carbonyl (C=O) groups excluding carboxylic acids is 1. The molecule has 1 aromatic carbocycles. The van der Waals surface area contributed by atoms with Gasteiger partial charge in [0.25, 0.3) is 0 Å². The smallest absolute Gasteiger partial charge is 0.329 e. The summed E-state index contributed by atoms with van der Waals surface area (Å²) in [6, 6.07) is 7.95. The number of thioether (sulfide) groups is 1. The number of ether oxygens (including phenoxy) is 1. The lowest BCUT2D eigenvalue weighted by Crippen LogP contribution is -2.29. The van der Waals surface area contributed by atoms with Gasteiger partial charge in [-0.3, -0.25) is 4.79 Å². The van der Waals surface area contributed by atoms with Crippen LogP contribution in [0.4, 0.5) is 0 Å². The van der Waals surface area contributed by atoms with E-state index >= 15 is 0 Å². The fraction of sp³-hybridized carbons (Fsp3) is 0.385. The molecule has 0 saturated carbocycles. The first-order valence-corrected chi connectivity index (χ1v) is 6.82. The van der Waals surface area contributed by atoms with Crippen LogP contribution in [0.15, 0.2) is 29.2 Å². The number of benzene rings is 1. The Morgan fingerprint density at radius 2 is 2.00 bits per heavy atom. The Balaban J connectivity index is 2.11. The molecule has 0 aliphatic carbocycles. The minimum absolute atomic E-state index is 0.0931. The summed E-state index contributed by atoms with van der Waals surface area (Å²) >= 11 is 1.46. The third-order valence-corrected chi connectivity index (χ3v) is 3.20. The lowest BCUT2D eigenvalue weighted by molar-refractivity contribution is -0.142. The molecule has 0 heterocycles. The highest BCUT2D eigenvalue weighted by molar-refractivity contribution is 8.00. The minimum atomic E-state index is -1.01. The van der Waals surface area contributed by atoms with E-state index in [1.807, 2.05) is 31.2 Å². The van der Waals surface area contributed by atoms with Crippen LogP contribution in [-0.2, 0) is 14.3 Å². The zero-order valence-corrected chi connectivity index (χ0v) is 11.5. The predicted molar refractivity (Wildman–Crippen MR) is 73.4 cm³/mol. The second-order valence-electron chi connectivity index (χ2n) is 3.90. The van der Waals surface area contributed by atoms with Gasteiger partial charge in [0.1, 0.15) is 6.61 Å². The number of nitrogens with one attached hydrogen (secondary N) is 1. The minimum Gasteiger partial charge on any atom is -0.480 e. The molecule has 19 heavy (non-hydrogen) atoms. The molecular formula is C13H17NO4S. The van der Waals surface area contributed by atoms with Crippen LogP contribution in [0.25, 0.3) is 0 Å². The van der Waals surface area contributed by atoms with Crippen molar-refractivity contribution < 1.29 is 19.4 Å². The van der Waals surface area contributed by atoms with Gasteiger partial charge in [0.2, 0.25) is 5.91 Å². The summed E-state index contributed by atoms with van der Waals surface area (Å²) < 4.78 is 4.80. The number of amides is 1. The topological polar surface area (TPSA) is 75.6 Å². The lowest BCUT2D eigenvalue weighted by Gasteiger charge is -2.05. The number of carboxylic acid groups (broad SMARTS) is 1. The van der Waals surface area contributed by atoms with Crippen LogP contribution < -0.4 is 5.32 Å². The van der Waals surface area contributed by atoms with E-state index in [0.717, 1.165) is 4.90 Å². The number of rotatable bonds is 8. The van der Waals surface area contributed by atoms with Crippen LogP contribution in [0.3, 0.4) is 0 Å². The summed E-state index contributed by atoms with van der Waals surface area (Å²) in [6.07, 6.45) is 0. The van der Waals surface area contributed by atoms with Crippen molar-refractivity contribution in [2.24, 2.45) is 0 Å². The first-order chi connectivity index (χ1) is 9.08. The van der Waals surface area contributed by atoms with E-state index in [9.17, 15) is 9.59 Å². The standard InChI is InChI=1S/C13H17NO4S/c1-10-2-4-11(5-3-10)19-9-12(15)14-6-7-18-8-13(16)17/h2-5H,6-9H2,1H3,(H,14,15)(H,16,17). The van der Waals surface area contributed by atoms with Gasteiger partial charge in [-0.1, -0.05) is 17.7 Å². The van der Waals surface area contributed by atoms with Crippen LogP contribution in [0.1, 0.15) is 5.56 Å². The molecule has 1 rings (SSSR count). The maximum atomic E-state index is 11.5. The Morgan fingerprint density at radius 3 is 2.63 bits per heavy atom. The van der Waals surface area contributed by atoms with Gasteiger partial charge in [0.15, 0.2) is 0 Å². The summed E-state index contributed by atoms with van der Waals surface area (Å²) in [4.78, 5) is 22.7. The zero-order valence-electron chi connectivity index (χ0n) is 10.7. The highest BCUT2D eigenvalue weighted by Gasteiger charge is 2.02. The Hall–Kier alpha value is -1.53. The van der Waals surface area contributed by atoms with Gasteiger partial charge >= 0.3 is 5.97 Å². The summed E-state index contributed by atoms with van der Waals surface area (Å²) in [7, 11) is 0. The van der Waals surface area contributed by atoms with Crippen LogP contribution in [0.2, 0.25) is 0 Å². The van der Waals surface area contributed by atoms with Crippen molar-refractivity contribution in [2.45, 2.75) is 11.8 Å². The van der Waals surface area contributed by atoms with Crippen molar-refractivity contribution in [1.82, 2.24) is 5.32 Å².